The quantitative estimate of drug-likeness (QED) is 0.741. The first-order valence-corrected chi connectivity index (χ1v) is 6.02. The Labute approximate surface area is 114 Å². The van der Waals surface area contributed by atoms with Crippen molar-refractivity contribution < 1.29 is 9.90 Å². The number of nitrogen functional groups attached to an aromatic ring is 1. The molecule has 0 fully saturated rings. The summed E-state index contributed by atoms with van der Waals surface area (Å²) in [6.45, 7) is 1.98. The first kappa shape index (κ1) is 12.2. The van der Waals surface area contributed by atoms with Crippen LogP contribution in [0.15, 0.2) is 36.4 Å². The molecule has 100 valence electrons. The van der Waals surface area contributed by atoms with Gasteiger partial charge in [-0.15, -0.1) is 5.10 Å². The summed E-state index contributed by atoms with van der Waals surface area (Å²) in [5, 5.41) is 13.4. The van der Waals surface area contributed by atoms with Crippen LogP contribution in [0.25, 0.3) is 16.8 Å². The molecule has 0 bridgehead atoms. The Kier molecular flexibility index (Phi) is 2.64. The molecule has 2 heterocycles. The van der Waals surface area contributed by atoms with Crippen LogP contribution in [0.2, 0.25) is 0 Å². The second-order valence-corrected chi connectivity index (χ2v) is 4.51. The van der Waals surface area contributed by atoms with Gasteiger partial charge in [0.05, 0.1) is 0 Å². The van der Waals surface area contributed by atoms with Gasteiger partial charge < -0.3 is 10.8 Å². The van der Waals surface area contributed by atoms with E-state index in [0.717, 1.165) is 11.1 Å². The predicted molar refractivity (Wildman–Crippen MR) is 74.5 cm³/mol. The molecule has 0 amide bonds. The molecule has 2 aromatic heterocycles. The number of nitrogens with zero attached hydrogens (tertiary/aromatic N) is 3. The minimum Gasteiger partial charge on any atom is -0.476 e. The minimum atomic E-state index is -1.07. The smallest absolute Gasteiger partial charge is 0.355 e. The van der Waals surface area contributed by atoms with E-state index in [1.54, 1.807) is 12.1 Å². The molecule has 0 spiro atoms. The average molecular weight is 268 g/mol. The van der Waals surface area contributed by atoms with Crippen LogP contribution >= 0.6 is 0 Å². The van der Waals surface area contributed by atoms with E-state index in [2.05, 4.69) is 10.1 Å². The molecule has 0 unspecified atom stereocenters. The largest absolute Gasteiger partial charge is 0.476 e. The standard InChI is InChI=1S/C14H12N4O2/c1-8-2-4-9(5-3-8)10-6-7-11-16-14(15)17-18(11)12(10)13(19)20/h2-7H,1H3,(H2,15,17)(H,19,20). The lowest BCUT2D eigenvalue weighted by molar-refractivity contribution is 0.0688. The molecule has 0 aliphatic rings. The molecule has 0 saturated heterocycles. The number of aryl methyl sites for hydroxylation is 1. The van der Waals surface area contributed by atoms with Gasteiger partial charge in [0.1, 0.15) is 0 Å². The number of benzene rings is 1. The number of aromatic carboxylic acids is 1. The summed E-state index contributed by atoms with van der Waals surface area (Å²) in [6, 6.07) is 11.0. The van der Waals surface area contributed by atoms with E-state index in [1.165, 1.54) is 4.52 Å². The lowest BCUT2D eigenvalue weighted by atomic mass is 10.0. The van der Waals surface area contributed by atoms with Gasteiger partial charge >= 0.3 is 5.97 Å². The van der Waals surface area contributed by atoms with E-state index in [4.69, 9.17) is 5.73 Å². The summed E-state index contributed by atoms with van der Waals surface area (Å²) in [5.41, 5.74) is 8.49. The lowest BCUT2D eigenvalue weighted by Gasteiger charge is -2.08. The highest BCUT2D eigenvalue weighted by Crippen LogP contribution is 2.25. The number of anilines is 1. The highest BCUT2D eigenvalue weighted by Gasteiger charge is 2.18. The second kappa shape index (κ2) is 4.34. The van der Waals surface area contributed by atoms with Crippen molar-refractivity contribution in [3.05, 3.63) is 47.7 Å². The number of hydrogen-bond acceptors (Lipinski definition) is 4. The van der Waals surface area contributed by atoms with Crippen LogP contribution in [0.5, 0.6) is 0 Å². The number of aromatic nitrogens is 3. The van der Waals surface area contributed by atoms with Crippen molar-refractivity contribution in [3.8, 4) is 11.1 Å². The molecule has 3 rings (SSSR count). The number of nitrogens with two attached hydrogens (primary N) is 1. The van der Waals surface area contributed by atoms with Crippen molar-refractivity contribution in [2.75, 3.05) is 5.73 Å². The first-order valence-electron chi connectivity index (χ1n) is 6.02. The van der Waals surface area contributed by atoms with Gasteiger partial charge in [-0.25, -0.2) is 9.31 Å². The molecule has 3 N–H and O–H groups in total. The summed E-state index contributed by atoms with van der Waals surface area (Å²) in [6.07, 6.45) is 0. The van der Waals surface area contributed by atoms with Crippen LogP contribution in [0.3, 0.4) is 0 Å². The van der Waals surface area contributed by atoms with E-state index in [9.17, 15) is 9.90 Å². The van der Waals surface area contributed by atoms with E-state index in [-0.39, 0.29) is 11.6 Å². The Morgan fingerprint density at radius 1 is 1.20 bits per heavy atom. The maximum atomic E-state index is 11.6. The number of rotatable bonds is 2. The van der Waals surface area contributed by atoms with E-state index >= 15 is 0 Å². The fourth-order valence-corrected chi connectivity index (χ4v) is 2.14. The summed E-state index contributed by atoms with van der Waals surface area (Å²) in [4.78, 5) is 15.5. The monoisotopic (exact) mass is 268 g/mol. The molecule has 0 aliphatic carbocycles. The maximum Gasteiger partial charge on any atom is 0.355 e. The van der Waals surface area contributed by atoms with Gasteiger partial charge in [0.25, 0.3) is 0 Å². The Balaban J connectivity index is 2.32. The van der Waals surface area contributed by atoms with Crippen molar-refractivity contribution >= 4 is 17.6 Å². The van der Waals surface area contributed by atoms with Crippen LogP contribution in [0, 0.1) is 6.92 Å². The Hall–Kier alpha value is -2.89. The van der Waals surface area contributed by atoms with E-state index < -0.39 is 5.97 Å². The molecule has 0 saturated carbocycles. The fourth-order valence-electron chi connectivity index (χ4n) is 2.14. The third-order valence-corrected chi connectivity index (χ3v) is 3.08. The molecule has 0 aliphatic heterocycles. The van der Waals surface area contributed by atoms with Crippen molar-refractivity contribution in [2.45, 2.75) is 6.92 Å². The minimum absolute atomic E-state index is 0.0496. The van der Waals surface area contributed by atoms with Gasteiger partial charge in [-0.2, -0.15) is 4.98 Å². The second-order valence-electron chi connectivity index (χ2n) is 4.51. The van der Waals surface area contributed by atoms with E-state index in [1.807, 2.05) is 31.2 Å². The predicted octanol–water partition coefficient (Wildman–Crippen LogP) is 1.99. The molecule has 0 radical (unpaired) electrons. The van der Waals surface area contributed by atoms with Crippen molar-refractivity contribution in [3.63, 3.8) is 0 Å². The summed E-state index contributed by atoms with van der Waals surface area (Å²) in [5.74, 6) is -1.02. The lowest BCUT2D eigenvalue weighted by Crippen LogP contribution is -2.09. The molecular formula is C14H12N4O2. The normalized spacial score (nSPS) is 10.8. The SMILES string of the molecule is Cc1ccc(-c2ccc3nc(N)nn3c2C(=O)O)cc1. The zero-order valence-electron chi connectivity index (χ0n) is 10.7. The molecule has 20 heavy (non-hydrogen) atoms. The molecule has 6 heteroatoms. The van der Waals surface area contributed by atoms with Gasteiger partial charge in [0, 0.05) is 5.56 Å². The highest BCUT2D eigenvalue weighted by molar-refractivity contribution is 5.95. The molecule has 1 aromatic carbocycles. The number of carboxylic acid groups (broad SMARTS) is 1. The Morgan fingerprint density at radius 3 is 2.55 bits per heavy atom. The first-order chi connectivity index (χ1) is 9.56. The van der Waals surface area contributed by atoms with Crippen LogP contribution in [-0.4, -0.2) is 25.7 Å². The average Bonchev–Trinajstić information content (AvgIpc) is 2.78. The maximum absolute atomic E-state index is 11.6. The number of carboxylic acids is 1. The van der Waals surface area contributed by atoms with Crippen molar-refractivity contribution in [1.29, 1.82) is 0 Å². The van der Waals surface area contributed by atoms with E-state index in [0.29, 0.717) is 11.2 Å². The zero-order valence-corrected chi connectivity index (χ0v) is 10.7. The number of fused-ring (bicyclic) bond motifs is 1. The van der Waals surface area contributed by atoms with Crippen molar-refractivity contribution in [1.82, 2.24) is 14.6 Å². The van der Waals surface area contributed by atoms with Gasteiger partial charge in [-0.05, 0) is 24.6 Å². The summed E-state index contributed by atoms with van der Waals surface area (Å²) >= 11 is 0. The third-order valence-electron chi connectivity index (χ3n) is 3.08. The van der Waals surface area contributed by atoms with Crippen molar-refractivity contribution in [2.24, 2.45) is 0 Å². The van der Waals surface area contributed by atoms with Gasteiger partial charge in [-0.3, -0.25) is 0 Å². The molecule has 0 atom stereocenters. The zero-order chi connectivity index (χ0) is 14.3. The number of carbonyl (C=O) groups is 1. The Bertz CT molecular complexity index is 806. The topological polar surface area (TPSA) is 93.5 Å². The van der Waals surface area contributed by atoms with Gasteiger partial charge in [0.2, 0.25) is 5.95 Å². The molecule has 6 nitrogen and oxygen atoms in total. The van der Waals surface area contributed by atoms with Gasteiger partial charge in [0.15, 0.2) is 11.3 Å². The summed E-state index contributed by atoms with van der Waals surface area (Å²) in [7, 11) is 0. The van der Waals surface area contributed by atoms with Gasteiger partial charge in [-0.1, -0.05) is 29.8 Å². The molecular weight excluding hydrogens is 256 g/mol. The summed E-state index contributed by atoms with van der Waals surface area (Å²) < 4.78 is 1.26. The third kappa shape index (κ3) is 1.87. The van der Waals surface area contributed by atoms with Crippen LogP contribution in [-0.2, 0) is 0 Å². The molecule has 3 aromatic rings. The van der Waals surface area contributed by atoms with Crippen LogP contribution < -0.4 is 5.73 Å². The highest BCUT2D eigenvalue weighted by atomic mass is 16.4. The fraction of sp³-hybridized carbons (Fsp3) is 0.0714. The number of pyridine rings is 1. The van der Waals surface area contributed by atoms with Crippen LogP contribution in [0.4, 0.5) is 5.95 Å². The Morgan fingerprint density at radius 2 is 1.90 bits per heavy atom. The van der Waals surface area contributed by atoms with Crippen LogP contribution in [0.1, 0.15) is 16.1 Å². The number of hydrogen-bond donors (Lipinski definition) is 2.